The zero-order valence-corrected chi connectivity index (χ0v) is 17.1. The highest BCUT2D eigenvalue weighted by Crippen LogP contribution is 2.41. The van der Waals surface area contributed by atoms with Gasteiger partial charge in [-0.2, -0.15) is 0 Å². The van der Waals surface area contributed by atoms with Crippen molar-refractivity contribution in [2.45, 2.75) is 52.2 Å². The molecule has 2 aromatic rings. The second kappa shape index (κ2) is 6.81. The number of aryl methyl sites for hydroxylation is 1. The summed E-state index contributed by atoms with van der Waals surface area (Å²) in [6.07, 6.45) is 0.752. The molecule has 0 saturated carbocycles. The van der Waals surface area contributed by atoms with Gasteiger partial charge in [0.25, 0.3) is 0 Å². The van der Waals surface area contributed by atoms with E-state index in [1.807, 2.05) is 49.4 Å². The first-order valence-electron chi connectivity index (χ1n) is 9.15. The predicted molar refractivity (Wildman–Crippen MR) is 110 cm³/mol. The minimum Gasteiger partial charge on any atom is -0.508 e. The van der Waals surface area contributed by atoms with Crippen LogP contribution in [0, 0.1) is 0 Å². The topological polar surface area (TPSA) is 46.5 Å². The maximum atomic E-state index is 13.1. The van der Waals surface area contributed by atoms with Crippen LogP contribution in [0.25, 0.3) is 16.7 Å². The number of ether oxygens (including phenoxy) is 1. The number of carbonyl (C=O) groups excluding carboxylic acids is 1. The molecule has 0 aromatic heterocycles. The van der Waals surface area contributed by atoms with Gasteiger partial charge in [0, 0.05) is 5.02 Å². The fourth-order valence-corrected chi connectivity index (χ4v) is 3.76. The van der Waals surface area contributed by atoms with Gasteiger partial charge >= 0.3 is 0 Å². The Morgan fingerprint density at radius 2 is 1.56 bits per heavy atom. The van der Waals surface area contributed by atoms with Gasteiger partial charge in [-0.05, 0) is 74.6 Å². The van der Waals surface area contributed by atoms with Gasteiger partial charge in [0.15, 0.2) is 5.78 Å². The first-order chi connectivity index (χ1) is 12.6. The van der Waals surface area contributed by atoms with Gasteiger partial charge in [-0.25, -0.2) is 0 Å². The molecular weight excluding hydrogens is 360 g/mol. The zero-order chi connectivity index (χ0) is 20.0. The first-order valence-corrected chi connectivity index (χ1v) is 9.52. The Labute approximate surface area is 165 Å². The third kappa shape index (κ3) is 3.54. The molecule has 0 saturated heterocycles. The highest BCUT2D eigenvalue weighted by Gasteiger charge is 2.47. The van der Waals surface area contributed by atoms with Crippen LogP contribution in [0.5, 0.6) is 0 Å². The third-order valence-electron chi connectivity index (χ3n) is 5.03. The van der Waals surface area contributed by atoms with E-state index in [4.69, 9.17) is 16.3 Å². The van der Waals surface area contributed by atoms with Crippen molar-refractivity contribution in [3.8, 4) is 11.1 Å². The molecule has 0 unspecified atom stereocenters. The Kier molecular flexibility index (Phi) is 4.96. The molecule has 142 valence electrons. The van der Waals surface area contributed by atoms with E-state index in [1.165, 1.54) is 0 Å². The van der Waals surface area contributed by atoms with Gasteiger partial charge in [-0.1, -0.05) is 42.8 Å². The summed E-state index contributed by atoms with van der Waals surface area (Å²) >= 11 is 6.00. The number of carbonyl (C=O) groups is 1. The molecule has 1 N–H and O–H groups in total. The zero-order valence-electron chi connectivity index (χ0n) is 16.4. The van der Waals surface area contributed by atoms with Crippen molar-refractivity contribution in [3.63, 3.8) is 0 Å². The fourth-order valence-electron chi connectivity index (χ4n) is 3.63. The second-order valence-corrected chi connectivity index (χ2v) is 8.34. The molecule has 27 heavy (non-hydrogen) atoms. The molecule has 0 atom stereocenters. The van der Waals surface area contributed by atoms with Crippen LogP contribution in [0.3, 0.4) is 0 Å². The van der Waals surface area contributed by atoms with Crippen LogP contribution in [0.1, 0.15) is 45.7 Å². The number of aliphatic hydroxyl groups is 1. The van der Waals surface area contributed by atoms with Crippen molar-refractivity contribution in [1.82, 2.24) is 0 Å². The summed E-state index contributed by atoms with van der Waals surface area (Å²) < 4.78 is 5.87. The Balaban J connectivity index is 2.24. The lowest BCUT2D eigenvalue weighted by Gasteiger charge is -2.40. The Morgan fingerprint density at radius 3 is 2.15 bits per heavy atom. The molecule has 2 aromatic carbocycles. The maximum Gasteiger partial charge on any atom is 0.198 e. The fraction of sp³-hybridized carbons (Fsp3) is 0.348. The van der Waals surface area contributed by atoms with Crippen LogP contribution in [-0.4, -0.2) is 22.1 Å². The largest absolute Gasteiger partial charge is 0.508 e. The van der Waals surface area contributed by atoms with E-state index in [9.17, 15) is 9.90 Å². The minimum atomic E-state index is -1.01. The van der Waals surface area contributed by atoms with Crippen molar-refractivity contribution in [1.29, 1.82) is 0 Å². The Morgan fingerprint density at radius 1 is 0.963 bits per heavy atom. The minimum absolute atomic E-state index is 0.0187. The van der Waals surface area contributed by atoms with E-state index >= 15 is 0 Å². The average Bonchev–Trinajstić information content (AvgIpc) is 2.60. The Hall–Kier alpha value is -2.10. The van der Waals surface area contributed by atoms with Crippen molar-refractivity contribution < 1.29 is 14.6 Å². The molecule has 3 nitrogen and oxygen atoms in total. The number of aliphatic hydroxyl groups excluding tert-OH is 1. The lowest BCUT2D eigenvalue weighted by atomic mass is 9.80. The number of Topliss-reactive ketones (excluding diaryl/α,β-unsaturated/α-hetero) is 1. The van der Waals surface area contributed by atoms with Crippen LogP contribution in [0.2, 0.25) is 5.02 Å². The highest BCUT2D eigenvalue weighted by atomic mass is 35.5. The molecule has 1 aliphatic heterocycles. The molecule has 0 aliphatic carbocycles. The van der Waals surface area contributed by atoms with E-state index in [0.29, 0.717) is 10.6 Å². The normalized spacial score (nSPS) is 18.7. The average molecular weight is 385 g/mol. The van der Waals surface area contributed by atoms with Crippen LogP contribution in [0.4, 0.5) is 0 Å². The number of hydrogen-bond donors (Lipinski definition) is 1. The standard InChI is InChI=1S/C23H25ClO3/c1-6-14-7-8-16(15-9-11-17(24)12-10-15)13-18(14)19-20(25)22(2,3)27-23(4,5)21(19)26/h7-13,25H,6H2,1-5H3. The summed E-state index contributed by atoms with van der Waals surface area (Å²) in [5.74, 6) is -0.225. The predicted octanol–water partition coefficient (Wildman–Crippen LogP) is 6.00. The quantitative estimate of drug-likeness (QED) is 0.706. The molecule has 1 heterocycles. The van der Waals surface area contributed by atoms with Crippen molar-refractivity contribution in [3.05, 3.63) is 64.4 Å². The summed E-state index contributed by atoms with van der Waals surface area (Å²) in [4.78, 5) is 13.1. The summed E-state index contributed by atoms with van der Waals surface area (Å²) in [5.41, 5.74) is 2.15. The first kappa shape index (κ1) is 19.7. The summed E-state index contributed by atoms with van der Waals surface area (Å²) in [6, 6.07) is 13.6. The van der Waals surface area contributed by atoms with Crippen molar-refractivity contribution >= 4 is 23.0 Å². The maximum absolute atomic E-state index is 13.1. The van der Waals surface area contributed by atoms with Crippen LogP contribution in [0.15, 0.2) is 48.2 Å². The van der Waals surface area contributed by atoms with Crippen LogP contribution in [-0.2, 0) is 16.0 Å². The molecule has 1 aliphatic rings. The van der Waals surface area contributed by atoms with E-state index in [2.05, 4.69) is 0 Å². The molecule has 4 heteroatoms. The number of rotatable bonds is 3. The monoisotopic (exact) mass is 384 g/mol. The number of hydrogen-bond acceptors (Lipinski definition) is 3. The van der Waals surface area contributed by atoms with E-state index in [0.717, 1.165) is 28.7 Å². The molecule has 0 fully saturated rings. The van der Waals surface area contributed by atoms with Gasteiger partial charge < -0.3 is 9.84 Å². The van der Waals surface area contributed by atoms with Crippen LogP contribution >= 0.6 is 11.6 Å². The van der Waals surface area contributed by atoms with Gasteiger partial charge in [-0.15, -0.1) is 0 Å². The van der Waals surface area contributed by atoms with Crippen molar-refractivity contribution in [2.24, 2.45) is 0 Å². The third-order valence-corrected chi connectivity index (χ3v) is 5.28. The van der Waals surface area contributed by atoms with E-state index < -0.39 is 11.2 Å². The van der Waals surface area contributed by atoms with Gasteiger partial charge in [0.05, 0.1) is 5.57 Å². The molecule has 3 rings (SSSR count). The molecule has 0 bridgehead atoms. The smallest absolute Gasteiger partial charge is 0.198 e. The summed E-state index contributed by atoms with van der Waals surface area (Å²) in [5, 5.41) is 11.6. The second-order valence-electron chi connectivity index (χ2n) is 7.91. The number of benzene rings is 2. The van der Waals surface area contributed by atoms with Gasteiger partial charge in [0.2, 0.25) is 0 Å². The van der Waals surface area contributed by atoms with E-state index in [-0.39, 0.29) is 11.5 Å². The highest BCUT2D eigenvalue weighted by molar-refractivity contribution is 6.30. The summed E-state index contributed by atoms with van der Waals surface area (Å²) in [7, 11) is 0. The molecule has 0 radical (unpaired) electrons. The number of ketones is 1. The molecule has 0 spiro atoms. The van der Waals surface area contributed by atoms with Gasteiger partial charge in [0.1, 0.15) is 17.0 Å². The SMILES string of the molecule is CCc1ccc(-c2ccc(Cl)cc2)cc1C1=C(O)C(C)(C)OC(C)(C)C1=O. The lowest BCUT2D eigenvalue weighted by Crippen LogP contribution is -2.49. The summed E-state index contributed by atoms with van der Waals surface area (Å²) in [6.45, 7) is 9.10. The number of halogens is 1. The van der Waals surface area contributed by atoms with Gasteiger partial charge in [-0.3, -0.25) is 4.79 Å². The van der Waals surface area contributed by atoms with Crippen molar-refractivity contribution in [2.75, 3.05) is 0 Å². The lowest BCUT2D eigenvalue weighted by molar-refractivity contribution is -0.158. The molecule has 0 amide bonds. The Bertz CT molecular complexity index is 921. The van der Waals surface area contributed by atoms with E-state index in [1.54, 1.807) is 27.7 Å². The molecular formula is C23H25ClO3. The van der Waals surface area contributed by atoms with Crippen LogP contribution < -0.4 is 0 Å².